The lowest BCUT2D eigenvalue weighted by Gasteiger charge is -2.33. The number of hydrogen-bond acceptors (Lipinski definition) is 2. The average Bonchev–Trinajstić information content (AvgIpc) is 2.82. The molecule has 3 rings (SSSR count). The third-order valence-corrected chi connectivity index (χ3v) is 6.57. The lowest BCUT2D eigenvalue weighted by Crippen LogP contribution is -2.52. The molecule has 32 heavy (non-hydrogen) atoms. The molecule has 4 nitrogen and oxygen atoms in total. The van der Waals surface area contributed by atoms with Crippen LogP contribution in [0.3, 0.4) is 0 Å². The summed E-state index contributed by atoms with van der Waals surface area (Å²) in [7, 11) is 0. The van der Waals surface area contributed by atoms with Crippen LogP contribution in [0.4, 0.5) is 0 Å². The van der Waals surface area contributed by atoms with Crippen molar-refractivity contribution in [2.75, 3.05) is 6.54 Å². The second-order valence-electron chi connectivity index (χ2n) is 9.08. The van der Waals surface area contributed by atoms with Gasteiger partial charge in [0.05, 0.1) is 0 Å². The molecule has 2 aromatic carbocycles. The number of nitrogens with zero attached hydrogens (tertiary/aromatic N) is 1. The van der Waals surface area contributed by atoms with Crippen LogP contribution in [-0.4, -0.2) is 35.3 Å². The van der Waals surface area contributed by atoms with E-state index >= 15 is 0 Å². The summed E-state index contributed by atoms with van der Waals surface area (Å²) in [5.74, 6) is 0.0725. The summed E-state index contributed by atoms with van der Waals surface area (Å²) in [5, 5.41) is 3.25. The SMILES string of the molecule is CC[C@@H](C(=O)NC1CCCCC1)N(CCc1ccccc1)C(=O)CCc1ccc(C)cc1. The second kappa shape index (κ2) is 12.4. The molecule has 0 aromatic heterocycles. The average molecular weight is 435 g/mol. The molecule has 1 atom stereocenters. The highest BCUT2D eigenvalue weighted by Gasteiger charge is 2.29. The topological polar surface area (TPSA) is 49.4 Å². The zero-order valence-corrected chi connectivity index (χ0v) is 19.7. The van der Waals surface area contributed by atoms with E-state index in [9.17, 15) is 9.59 Å². The van der Waals surface area contributed by atoms with E-state index in [2.05, 4.69) is 48.6 Å². The second-order valence-corrected chi connectivity index (χ2v) is 9.08. The molecule has 0 aliphatic heterocycles. The van der Waals surface area contributed by atoms with Crippen LogP contribution in [0, 0.1) is 6.92 Å². The first kappa shape index (κ1) is 24.0. The van der Waals surface area contributed by atoms with Crippen LogP contribution in [0.25, 0.3) is 0 Å². The minimum atomic E-state index is -0.411. The number of aryl methyl sites for hydroxylation is 2. The molecule has 0 radical (unpaired) electrons. The van der Waals surface area contributed by atoms with Crippen LogP contribution in [0.2, 0.25) is 0 Å². The zero-order valence-electron chi connectivity index (χ0n) is 19.7. The van der Waals surface area contributed by atoms with Gasteiger partial charge in [-0.3, -0.25) is 9.59 Å². The maximum absolute atomic E-state index is 13.3. The molecule has 0 unspecified atom stereocenters. The Morgan fingerprint density at radius 2 is 1.59 bits per heavy atom. The maximum atomic E-state index is 13.3. The normalized spacial score (nSPS) is 15.2. The number of rotatable bonds is 10. The van der Waals surface area contributed by atoms with Crippen LogP contribution in [0.1, 0.15) is 68.6 Å². The van der Waals surface area contributed by atoms with E-state index in [0.717, 1.165) is 24.8 Å². The molecular formula is C28H38N2O2. The van der Waals surface area contributed by atoms with E-state index in [1.807, 2.05) is 30.0 Å². The minimum absolute atomic E-state index is 0.0103. The quantitative estimate of drug-likeness (QED) is 0.557. The number of carbonyl (C=O) groups excluding carboxylic acids is 2. The largest absolute Gasteiger partial charge is 0.352 e. The van der Waals surface area contributed by atoms with Crippen LogP contribution in [-0.2, 0) is 22.4 Å². The van der Waals surface area contributed by atoms with Crippen molar-refractivity contribution in [2.24, 2.45) is 0 Å². The molecule has 0 saturated heterocycles. The van der Waals surface area contributed by atoms with E-state index < -0.39 is 6.04 Å². The van der Waals surface area contributed by atoms with Gasteiger partial charge in [-0.1, -0.05) is 86.3 Å². The predicted octanol–water partition coefficient (Wildman–Crippen LogP) is 5.23. The Balaban J connectivity index is 1.68. The van der Waals surface area contributed by atoms with Crippen molar-refractivity contribution in [3.05, 3.63) is 71.3 Å². The first-order valence-electron chi connectivity index (χ1n) is 12.3. The maximum Gasteiger partial charge on any atom is 0.243 e. The molecule has 172 valence electrons. The fraction of sp³-hybridized carbons (Fsp3) is 0.500. The molecule has 1 N–H and O–H groups in total. The highest BCUT2D eigenvalue weighted by molar-refractivity contribution is 5.88. The van der Waals surface area contributed by atoms with Crippen molar-refractivity contribution in [3.8, 4) is 0 Å². The summed E-state index contributed by atoms with van der Waals surface area (Å²) in [6.07, 6.45) is 8.20. The number of amides is 2. The van der Waals surface area contributed by atoms with Crippen LogP contribution in [0.15, 0.2) is 54.6 Å². The summed E-state index contributed by atoms with van der Waals surface area (Å²) < 4.78 is 0. The van der Waals surface area contributed by atoms with Gasteiger partial charge in [-0.25, -0.2) is 0 Å². The van der Waals surface area contributed by atoms with Gasteiger partial charge in [-0.15, -0.1) is 0 Å². The van der Waals surface area contributed by atoms with Gasteiger partial charge >= 0.3 is 0 Å². The molecule has 1 aliphatic rings. The van der Waals surface area contributed by atoms with Gasteiger partial charge in [0.1, 0.15) is 6.04 Å². The predicted molar refractivity (Wildman–Crippen MR) is 130 cm³/mol. The van der Waals surface area contributed by atoms with Crippen molar-refractivity contribution >= 4 is 11.8 Å². The summed E-state index contributed by atoms with van der Waals surface area (Å²) in [6.45, 7) is 4.64. The first-order chi connectivity index (χ1) is 15.6. The molecule has 2 aromatic rings. The first-order valence-corrected chi connectivity index (χ1v) is 12.3. The Bertz CT molecular complexity index is 841. The van der Waals surface area contributed by atoms with E-state index in [4.69, 9.17) is 0 Å². The highest BCUT2D eigenvalue weighted by Crippen LogP contribution is 2.19. The van der Waals surface area contributed by atoms with Crippen LogP contribution in [0.5, 0.6) is 0 Å². The Morgan fingerprint density at radius 1 is 0.938 bits per heavy atom. The third kappa shape index (κ3) is 7.22. The molecule has 1 aliphatic carbocycles. The fourth-order valence-electron chi connectivity index (χ4n) is 4.59. The minimum Gasteiger partial charge on any atom is -0.352 e. The van der Waals surface area contributed by atoms with Gasteiger partial charge < -0.3 is 10.2 Å². The Kier molecular flexibility index (Phi) is 9.33. The molecule has 1 saturated carbocycles. The smallest absolute Gasteiger partial charge is 0.243 e. The molecule has 0 spiro atoms. The summed E-state index contributed by atoms with van der Waals surface area (Å²) in [5.41, 5.74) is 3.56. The van der Waals surface area contributed by atoms with Crippen molar-refractivity contribution in [2.45, 2.75) is 83.7 Å². The molecule has 1 fully saturated rings. The van der Waals surface area contributed by atoms with Crippen LogP contribution >= 0.6 is 0 Å². The lowest BCUT2D eigenvalue weighted by atomic mass is 9.95. The van der Waals surface area contributed by atoms with Crippen molar-refractivity contribution in [3.63, 3.8) is 0 Å². The fourth-order valence-corrected chi connectivity index (χ4v) is 4.59. The Labute approximate surface area is 193 Å². The summed E-state index contributed by atoms with van der Waals surface area (Å²) >= 11 is 0. The van der Waals surface area contributed by atoms with Gasteiger partial charge in [-0.2, -0.15) is 0 Å². The lowest BCUT2D eigenvalue weighted by molar-refractivity contribution is -0.141. The number of carbonyl (C=O) groups is 2. The van der Waals surface area contributed by atoms with Gasteiger partial charge in [0, 0.05) is 19.0 Å². The molecular weight excluding hydrogens is 396 g/mol. The van der Waals surface area contributed by atoms with Gasteiger partial charge in [0.25, 0.3) is 0 Å². The standard InChI is InChI=1S/C28H38N2O2/c1-3-26(28(32)29-25-12-8-5-9-13-25)30(21-20-23-10-6-4-7-11-23)27(31)19-18-24-16-14-22(2)15-17-24/h4,6-7,10-11,14-17,25-26H,3,5,8-9,12-13,18-21H2,1-2H3,(H,29,32)/t26-/m0/s1. The van der Waals surface area contributed by atoms with Gasteiger partial charge in [-0.05, 0) is 50.2 Å². The highest BCUT2D eigenvalue weighted by atomic mass is 16.2. The Morgan fingerprint density at radius 3 is 2.25 bits per heavy atom. The number of nitrogens with one attached hydrogen (secondary N) is 1. The molecule has 2 amide bonds. The van der Waals surface area contributed by atoms with Crippen molar-refractivity contribution in [1.82, 2.24) is 10.2 Å². The number of hydrogen-bond donors (Lipinski definition) is 1. The van der Waals surface area contributed by atoms with E-state index in [0.29, 0.717) is 25.8 Å². The van der Waals surface area contributed by atoms with Crippen molar-refractivity contribution in [1.29, 1.82) is 0 Å². The van der Waals surface area contributed by atoms with Crippen molar-refractivity contribution < 1.29 is 9.59 Å². The van der Waals surface area contributed by atoms with Crippen LogP contribution < -0.4 is 5.32 Å². The van der Waals surface area contributed by atoms with Gasteiger partial charge in [0.2, 0.25) is 11.8 Å². The number of benzene rings is 2. The van der Waals surface area contributed by atoms with E-state index in [1.54, 1.807) is 0 Å². The molecule has 4 heteroatoms. The molecule has 0 bridgehead atoms. The Hall–Kier alpha value is -2.62. The zero-order chi connectivity index (χ0) is 22.8. The molecule has 0 heterocycles. The monoisotopic (exact) mass is 434 g/mol. The van der Waals surface area contributed by atoms with E-state index in [1.165, 1.54) is 30.4 Å². The summed E-state index contributed by atoms with van der Waals surface area (Å²) in [4.78, 5) is 28.4. The third-order valence-electron chi connectivity index (χ3n) is 6.57. The van der Waals surface area contributed by atoms with Gasteiger partial charge in [0.15, 0.2) is 0 Å². The van der Waals surface area contributed by atoms with E-state index in [-0.39, 0.29) is 17.9 Å². The summed E-state index contributed by atoms with van der Waals surface area (Å²) in [6, 6.07) is 18.4.